The first-order valence-electron chi connectivity index (χ1n) is 7.47. The number of methoxy groups -OCH3 is 2. The molecule has 0 aliphatic heterocycles. The largest absolute Gasteiger partial charge is 0.493 e. The van der Waals surface area contributed by atoms with Crippen LogP contribution in [0.5, 0.6) is 11.5 Å². The third kappa shape index (κ3) is 5.02. The van der Waals surface area contributed by atoms with Crippen molar-refractivity contribution in [3.8, 4) is 11.5 Å². The van der Waals surface area contributed by atoms with E-state index in [9.17, 15) is 0 Å². The molecule has 23 heavy (non-hydrogen) atoms. The van der Waals surface area contributed by atoms with Crippen LogP contribution in [0, 0.1) is 0 Å². The summed E-state index contributed by atoms with van der Waals surface area (Å²) in [7, 11) is 3.25. The van der Waals surface area contributed by atoms with E-state index in [0.29, 0.717) is 18.2 Å². The first kappa shape index (κ1) is 16.9. The van der Waals surface area contributed by atoms with E-state index in [1.54, 1.807) is 20.4 Å². The van der Waals surface area contributed by atoms with E-state index in [4.69, 9.17) is 9.47 Å². The van der Waals surface area contributed by atoms with Crippen molar-refractivity contribution in [1.29, 1.82) is 0 Å². The summed E-state index contributed by atoms with van der Waals surface area (Å²) in [6.45, 7) is 6.84. The highest BCUT2D eigenvalue weighted by molar-refractivity contribution is 5.45. The SMILES string of the molecule is COc1ccc(CNc2ccnc(NC(C)(C)C)n2)cc1OC. The van der Waals surface area contributed by atoms with E-state index < -0.39 is 0 Å². The molecule has 1 aromatic carbocycles. The highest BCUT2D eigenvalue weighted by Gasteiger charge is 2.11. The quantitative estimate of drug-likeness (QED) is 0.852. The average molecular weight is 316 g/mol. The molecule has 1 heterocycles. The van der Waals surface area contributed by atoms with Crippen LogP contribution in [-0.4, -0.2) is 29.7 Å². The Bertz CT molecular complexity index is 653. The molecular formula is C17H24N4O2. The summed E-state index contributed by atoms with van der Waals surface area (Å²) < 4.78 is 10.6. The molecule has 0 saturated heterocycles. The van der Waals surface area contributed by atoms with Gasteiger partial charge in [-0.15, -0.1) is 0 Å². The summed E-state index contributed by atoms with van der Waals surface area (Å²) in [5.74, 6) is 2.80. The number of aromatic nitrogens is 2. The fourth-order valence-electron chi connectivity index (χ4n) is 2.04. The van der Waals surface area contributed by atoms with Crippen LogP contribution < -0.4 is 20.1 Å². The maximum atomic E-state index is 5.31. The normalized spacial score (nSPS) is 11.0. The minimum atomic E-state index is -0.0814. The fraction of sp³-hybridized carbons (Fsp3) is 0.412. The molecular weight excluding hydrogens is 292 g/mol. The molecule has 124 valence electrons. The van der Waals surface area contributed by atoms with Gasteiger partial charge in [-0.2, -0.15) is 4.98 Å². The molecule has 2 aromatic rings. The predicted octanol–water partition coefficient (Wildman–Crippen LogP) is 3.32. The van der Waals surface area contributed by atoms with Crippen molar-refractivity contribution in [3.05, 3.63) is 36.0 Å². The number of hydrogen-bond acceptors (Lipinski definition) is 6. The van der Waals surface area contributed by atoms with Crippen molar-refractivity contribution in [3.63, 3.8) is 0 Å². The van der Waals surface area contributed by atoms with Gasteiger partial charge < -0.3 is 20.1 Å². The summed E-state index contributed by atoms with van der Waals surface area (Å²) in [5, 5.41) is 6.54. The molecule has 0 amide bonds. The van der Waals surface area contributed by atoms with Crippen molar-refractivity contribution in [2.75, 3.05) is 24.9 Å². The Kier molecular flexibility index (Phi) is 5.26. The summed E-state index contributed by atoms with van der Waals surface area (Å²) in [6, 6.07) is 7.67. The van der Waals surface area contributed by atoms with Crippen molar-refractivity contribution >= 4 is 11.8 Å². The molecule has 6 heteroatoms. The van der Waals surface area contributed by atoms with Crippen LogP contribution in [0.15, 0.2) is 30.5 Å². The first-order valence-corrected chi connectivity index (χ1v) is 7.47. The fourth-order valence-corrected chi connectivity index (χ4v) is 2.04. The second kappa shape index (κ2) is 7.17. The summed E-state index contributed by atoms with van der Waals surface area (Å²) in [4.78, 5) is 8.69. The minimum Gasteiger partial charge on any atom is -0.493 e. The Hall–Kier alpha value is -2.50. The van der Waals surface area contributed by atoms with Crippen LogP contribution in [0.2, 0.25) is 0 Å². The molecule has 0 aliphatic carbocycles. The topological polar surface area (TPSA) is 68.3 Å². The zero-order valence-electron chi connectivity index (χ0n) is 14.3. The van der Waals surface area contributed by atoms with Crippen LogP contribution >= 0.6 is 0 Å². The van der Waals surface area contributed by atoms with Gasteiger partial charge in [0, 0.05) is 18.3 Å². The smallest absolute Gasteiger partial charge is 0.224 e. The van der Waals surface area contributed by atoms with Crippen molar-refractivity contribution in [1.82, 2.24) is 9.97 Å². The zero-order chi connectivity index (χ0) is 16.9. The molecule has 1 aromatic heterocycles. The van der Waals surface area contributed by atoms with Crippen LogP contribution in [0.4, 0.5) is 11.8 Å². The molecule has 0 atom stereocenters. The monoisotopic (exact) mass is 316 g/mol. The average Bonchev–Trinajstić information content (AvgIpc) is 2.51. The van der Waals surface area contributed by atoms with E-state index in [2.05, 4.69) is 41.4 Å². The molecule has 6 nitrogen and oxygen atoms in total. The van der Waals surface area contributed by atoms with Gasteiger partial charge in [-0.1, -0.05) is 6.07 Å². The van der Waals surface area contributed by atoms with Gasteiger partial charge in [0.25, 0.3) is 0 Å². The summed E-state index contributed by atoms with van der Waals surface area (Å²) in [6.07, 6.45) is 1.73. The molecule has 0 radical (unpaired) electrons. The molecule has 0 unspecified atom stereocenters. The van der Waals surface area contributed by atoms with Gasteiger partial charge in [-0.3, -0.25) is 0 Å². The lowest BCUT2D eigenvalue weighted by Crippen LogP contribution is -2.27. The third-order valence-corrected chi connectivity index (χ3v) is 3.06. The summed E-state index contributed by atoms with van der Waals surface area (Å²) in [5.41, 5.74) is 0.994. The maximum absolute atomic E-state index is 5.31. The van der Waals surface area contributed by atoms with E-state index in [0.717, 1.165) is 17.1 Å². The number of benzene rings is 1. The molecule has 0 fully saturated rings. The van der Waals surface area contributed by atoms with Crippen LogP contribution in [0.3, 0.4) is 0 Å². The van der Waals surface area contributed by atoms with Gasteiger partial charge in [0.05, 0.1) is 14.2 Å². The number of nitrogens with zero attached hydrogens (tertiary/aromatic N) is 2. The highest BCUT2D eigenvalue weighted by Crippen LogP contribution is 2.27. The number of anilines is 2. The molecule has 0 aliphatic rings. The number of hydrogen-bond donors (Lipinski definition) is 2. The zero-order valence-corrected chi connectivity index (χ0v) is 14.3. The van der Waals surface area contributed by atoms with E-state index >= 15 is 0 Å². The van der Waals surface area contributed by atoms with Crippen molar-refractivity contribution in [2.45, 2.75) is 32.9 Å². The Balaban J connectivity index is 2.05. The van der Waals surface area contributed by atoms with Gasteiger partial charge in [0.2, 0.25) is 5.95 Å². The predicted molar refractivity (Wildman–Crippen MR) is 92.3 cm³/mol. The second-order valence-corrected chi connectivity index (χ2v) is 6.18. The lowest BCUT2D eigenvalue weighted by molar-refractivity contribution is 0.354. The van der Waals surface area contributed by atoms with Gasteiger partial charge in [0.15, 0.2) is 11.5 Å². The Morgan fingerprint density at radius 3 is 2.43 bits per heavy atom. The first-order chi connectivity index (χ1) is 10.9. The van der Waals surface area contributed by atoms with Gasteiger partial charge >= 0.3 is 0 Å². The lowest BCUT2D eigenvalue weighted by atomic mass is 10.1. The van der Waals surface area contributed by atoms with Gasteiger partial charge in [0.1, 0.15) is 5.82 Å². The number of rotatable bonds is 6. The molecule has 0 saturated carbocycles. The molecule has 0 spiro atoms. The molecule has 0 bridgehead atoms. The number of nitrogens with one attached hydrogen (secondary N) is 2. The minimum absolute atomic E-state index is 0.0814. The van der Waals surface area contributed by atoms with E-state index in [1.165, 1.54) is 0 Å². The number of ether oxygens (including phenoxy) is 2. The maximum Gasteiger partial charge on any atom is 0.224 e. The van der Waals surface area contributed by atoms with E-state index in [-0.39, 0.29) is 5.54 Å². The molecule has 2 rings (SSSR count). The summed E-state index contributed by atoms with van der Waals surface area (Å²) >= 11 is 0. The lowest BCUT2D eigenvalue weighted by Gasteiger charge is -2.20. The second-order valence-electron chi connectivity index (χ2n) is 6.18. The van der Waals surface area contributed by atoms with Crippen LogP contribution in [0.1, 0.15) is 26.3 Å². The Labute approximate surface area is 137 Å². The van der Waals surface area contributed by atoms with Gasteiger partial charge in [-0.25, -0.2) is 4.98 Å². The third-order valence-electron chi connectivity index (χ3n) is 3.06. The van der Waals surface area contributed by atoms with Crippen LogP contribution in [-0.2, 0) is 6.54 Å². The van der Waals surface area contributed by atoms with Crippen molar-refractivity contribution < 1.29 is 9.47 Å². The standard InChI is InChI=1S/C17H24N4O2/c1-17(2,3)21-16-18-9-8-15(20-16)19-11-12-6-7-13(22-4)14(10-12)23-5/h6-10H,11H2,1-5H3,(H2,18,19,20,21). The van der Waals surface area contributed by atoms with Gasteiger partial charge in [-0.05, 0) is 44.5 Å². The Morgan fingerprint density at radius 1 is 1.04 bits per heavy atom. The van der Waals surface area contributed by atoms with Crippen LogP contribution in [0.25, 0.3) is 0 Å². The van der Waals surface area contributed by atoms with Crippen molar-refractivity contribution in [2.24, 2.45) is 0 Å². The highest BCUT2D eigenvalue weighted by atomic mass is 16.5. The Morgan fingerprint density at radius 2 is 1.78 bits per heavy atom. The van der Waals surface area contributed by atoms with E-state index in [1.807, 2.05) is 24.3 Å². The molecule has 2 N–H and O–H groups in total.